The fourth-order valence-electron chi connectivity index (χ4n) is 14.9. The molecule has 0 aromatic heterocycles. The minimum atomic E-state index is 0.728. The molecule has 0 amide bonds. The Morgan fingerprint density at radius 1 is 0.290 bits per heavy atom. The molecule has 12 fully saturated rings. The van der Waals surface area contributed by atoms with Gasteiger partial charge in [0.1, 0.15) is 0 Å². The Bertz CT molecular complexity index is 575. The van der Waals surface area contributed by atoms with Crippen molar-refractivity contribution >= 4 is 0 Å². The maximum absolute atomic E-state index is 2.39. The average molecular weight is 418 g/mol. The van der Waals surface area contributed by atoms with Crippen LogP contribution in [0.25, 0.3) is 0 Å². The minimum Gasteiger partial charge on any atom is -0.0475 e. The molecule has 0 spiro atoms. The Hall–Kier alpha value is 0. The summed E-state index contributed by atoms with van der Waals surface area (Å²) in [5, 5.41) is 0. The molecule has 12 bridgehead atoms. The number of hydrogen-bond acceptors (Lipinski definition) is 0. The molecule has 0 saturated heterocycles. The Kier molecular flexibility index (Phi) is 3.43. The van der Waals surface area contributed by atoms with Crippen LogP contribution in [-0.4, -0.2) is 0 Å². The summed E-state index contributed by atoms with van der Waals surface area (Å²) in [6.07, 6.45) is 29.7. The highest BCUT2D eigenvalue weighted by molar-refractivity contribution is 5.33. The van der Waals surface area contributed by atoms with Gasteiger partial charge in [0.05, 0.1) is 0 Å². The maximum Gasteiger partial charge on any atom is -0.00548 e. The van der Waals surface area contributed by atoms with Crippen LogP contribution in [0.4, 0.5) is 0 Å². The SMILES string of the molecule is C1C2CC3CC1CC([C](C14CC5CC(CC(C5)C1)C4)C14CC5CC(CC(C5)C1)C4)(C2)C3. The van der Waals surface area contributed by atoms with Crippen molar-refractivity contribution < 1.29 is 0 Å². The third-order valence-corrected chi connectivity index (χ3v) is 13.7. The summed E-state index contributed by atoms with van der Waals surface area (Å²) in [5.74, 6) is 12.6. The summed E-state index contributed by atoms with van der Waals surface area (Å²) in [4.78, 5) is 0. The van der Waals surface area contributed by atoms with Gasteiger partial charge in [-0.15, -0.1) is 0 Å². The normalized spacial score (nSPS) is 64.7. The highest BCUT2D eigenvalue weighted by Gasteiger charge is 2.69. The summed E-state index contributed by atoms with van der Waals surface area (Å²) >= 11 is 0. The third-order valence-electron chi connectivity index (χ3n) is 13.7. The molecule has 31 heavy (non-hydrogen) atoms. The Morgan fingerprint density at radius 3 is 0.613 bits per heavy atom. The van der Waals surface area contributed by atoms with E-state index in [1.54, 1.807) is 116 Å². The molecule has 0 aromatic rings. The number of rotatable bonds is 3. The van der Waals surface area contributed by atoms with E-state index in [2.05, 4.69) is 5.92 Å². The molecule has 0 aromatic carbocycles. The molecular weight excluding hydrogens is 372 g/mol. The van der Waals surface area contributed by atoms with E-state index in [0.717, 1.165) is 69.5 Å². The van der Waals surface area contributed by atoms with E-state index in [1.165, 1.54) is 0 Å². The first-order chi connectivity index (χ1) is 15.1. The van der Waals surface area contributed by atoms with Gasteiger partial charge in [-0.05, 0) is 191 Å². The monoisotopic (exact) mass is 417 g/mol. The Balaban J connectivity index is 1.21. The van der Waals surface area contributed by atoms with Crippen molar-refractivity contribution in [1.29, 1.82) is 0 Å². The Morgan fingerprint density at radius 2 is 0.452 bits per heavy atom. The van der Waals surface area contributed by atoms with Crippen LogP contribution < -0.4 is 0 Å². The second-order valence-corrected chi connectivity index (χ2v) is 16.0. The van der Waals surface area contributed by atoms with Crippen molar-refractivity contribution in [3.8, 4) is 0 Å². The minimum absolute atomic E-state index is 0.728. The van der Waals surface area contributed by atoms with Gasteiger partial charge in [-0.1, -0.05) is 0 Å². The van der Waals surface area contributed by atoms with Gasteiger partial charge in [0.25, 0.3) is 0 Å². The predicted molar refractivity (Wildman–Crippen MR) is 125 cm³/mol. The lowest BCUT2D eigenvalue weighted by Crippen LogP contribution is -2.64. The first-order valence-corrected chi connectivity index (χ1v) is 15.0. The van der Waals surface area contributed by atoms with Crippen LogP contribution in [0, 0.1) is 75.4 Å². The third kappa shape index (κ3) is 2.40. The first kappa shape index (κ1) is 18.3. The van der Waals surface area contributed by atoms with E-state index in [1.807, 2.05) is 0 Å². The van der Waals surface area contributed by atoms with E-state index in [4.69, 9.17) is 0 Å². The zero-order valence-electron chi connectivity index (χ0n) is 19.9. The standard InChI is InChI=1S/C31H45/c1-19-2-21-3-20(1)11-29(10-19,12-21)28(30-13-22-4-23(14-30)6-24(5-22)15-30)31-16-25-7-26(17-31)9-27(8-25)18-31/h19-27H,1-18H2. The molecule has 1 radical (unpaired) electrons. The molecule has 0 unspecified atom stereocenters. The molecule has 0 aliphatic heterocycles. The zero-order valence-corrected chi connectivity index (χ0v) is 19.9. The molecule has 12 aliphatic rings. The second kappa shape index (κ2) is 5.79. The molecule has 12 aliphatic carbocycles. The topological polar surface area (TPSA) is 0 Å². The molecule has 0 atom stereocenters. The smallest absolute Gasteiger partial charge is 0.00548 e. The van der Waals surface area contributed by atoms with Gasteiger partial charge >= 0.3 is 0 Å². The van der Waals surface area contributed by atoms with Gasteiger partial charge in [0, 0.05) is 0 Å². The summed E-state index contributed by atoms with van der Waals surface area (Å²) < 4.78 is 0. The lowest BCUT2D eigenvalue weighted by Gasteiger charge is -2.73. The second-order valence-electron chi connectivity index (χ2n) is 16.0. The van der Waals surface area contributed by atoms with E-state index in [9.17, 15) is 0 Å². The van der Waals surface area contributed by atoms with Crippen molar-refractivity contribution in [2.75, 3.05) is 0 Å². The molecule has 12 rings (SSSR count). The van der Waals surface area contributed by atoms with Crippen LogP contribution in [0.2, 0.25) is 0 Å². The van der Waals surface area contributed by atoms with Crippen LogP contribution in [0.15, 0.2) is 0 Å². The van der Waals surface area contributed by atoms with Gasteiger partial charge in [0.2, 0.25) is 0 Å². The van der Waals surface area contributed by atoms with Crippen LogP contribution >= 0.6 is 0 Å². The van der Waals surface area contributed by atoms with E-state index < -0.39 is 0 Å². The average Bonchev–Trinajstić information content (AvgIpc) is 2.63. The van der Waals surface area contributed by atoms with E-state index >= 15 is 0 Å². The van der Waals surface area contributed by atoms with E-state index in [-0.39, 0.29) is 0 Å². The summed E-state index contributed by atoms with van der Waals surface area (Å²) in [6, 6.07) is 0. The highest BCUT2D eigenvalue weighted by Crippen LogP contribution is 2.79. The lowest BCUT2D eigenvalue weighted by molar-refractivity contribution is -0.160. The maximum atomic E-state index is 2.39. The van der Waals surface area contributed by atoms with Crippen molar-refractivity contribution in [1.82, 2.24) is 0 Å². The largest absolute Gasteiger partial charge is 0.0475 e. The van der Waals surface area contributed by atoms with Crippen molar-refractivity contribution in [2.24, 2.45) is 69.5 Å². The van der Waals surface area contributed by atoms with Crippen molar-refractivity contribution in [2.45, 2.75) is 116 Å². The van der Waals surface area contributed by atoms with Crippen molar-refractivity contribution in [3.63, 3.8) is 0 Å². The summed E-state index contributed by atoms with van der Waals surface area (Å²) in [5.41, 5.74) is 2.18. The van der Waals surface area contributed by atoms with Gasteiger partial charge < -0.3 is 0 Å². The lowest BCUT2D eigenvalue weighted by atomic mass is 9.31. The van der Waals surface area contributed by atoms with Gasteiger partial charge in [-0.2, -0.15) is 0 Å². The van der Waals surface area contributed by atoms with Crippen LogP contribution in [0.1, 0.15) is 116 Å². The zero-order chi connectivity index (χ0) is 20.0. The fraction of sp³-hybridized carbons (Fsp3) is 0.968. The highest BCUT2D eigenvalue weighted by atomic mass is 14.7. The summed E-state index contributed by atoms with van der Waals surface area (Å²) in [7, 11) is 0. The first-order valence-electron chi connectivity index (χ1n) is 15.0. The molecule has 169 valence electrons. The summed E-state index contributed by atoms with van der Waals surface area (Å²) in [6.45, 7) is 0. The van der Waals surface area contributed by atoms with Gasteiger partial charge in [-0.25, -0.2) is 0 Å². The number of hydrogen-bond donors (Lipinski definition) is 0. The molecule has 0 heterocycles. The van der Waals surface area contributed by atoms with Gasteiger partial charge in [0.15, 0.2) is 0 Å². The fourth-order valence-corrected chi connectivity index (χ4v) is 14.9. The molecule has 0 N–H and O–H groups in total. The van der Waals surface area contributed by atoms with Crippen LogP contribution in [0.5, 0.6) is 0 Å². The molecule has 12 saturated carbocycles. The molecular formula is C31H45. The predicted octanol–water partition coefficient (Wildman–Crippen LogP) is 8.21. The van der Waals surface area contributed by atoms with E-state index in [0.29, 0.717) is 0 Å². The molecule has 0 heteroatoms. The van der Waals surface area contributed by atoms with Crippen LogP contribution in [0.3, 0.4) is 0 Å². The van der Waals surface area contributed by atoms with Gasteiger partial charge in [-0.3, -0.25) is 0 Å². The van der Waals surface area contributed by atoms with Crippen molar-refractivity contribution in [3.05, 3.63) is 5.92 Å². The van der Waals surface area contributed by atoms with Crippen LogP contribution in [-0.2, 0) is 0 Å². The molecule has 0 nitrogen and oxygen atoms in total. The Labute approximate surface area is 191 Å². The quantitative estimate of drug-likeness (QED) is 0.434.